The van der Waals surface area contributed by atoms with Crippen LogP contribution in [-0.2, 0) is 70.4 Å². The van der Waals surface area contributed by atoms with Gasteiger partial charge in [-0.25, -0.2) is 19.4 Å². The number of carbonyl (C=O) groups is 5. The Morgan fingerprint density at radius 1 is 0.558 bits per heavy atom. The topological polar surface area (TPSA) is 280 Å². The summed E-state index contributed by atoms with van der Waals surface area (Å²) in [6.45, 7) is 21.6. The molecular weight excluding hydrogens is 1330 g/mol. The third-order valence-electron chi connectivity index (χ3n) is 16.6. The summed E-state index contributed by atoms with van der Waals surface area (Å²) in [5.41, 5.74) is 11.6. The second-order valence-corrected chi connectivity index (χ2v) is 29.2. The van der Waals surface area contributed by atoms with Crippen molar-refractivity contribution in [1.29, 1.82) is 0 Å². The molecule has 0 radical (unpaired) electrons. The smallest absolute Gasteiger partial charge is 0.410 e. The number of fused-ring (bicyclic) bond motifs is 4. The molecular formula is C80H110N8O16. The zero-order valence-corrected chi connectivity index (χ0v) is 63.1. The lowest BCUT2D eigenvalue weighted by atomic mass is 10.0. The van der Waals surface area contributed by atoms with Gasteiger partial charge in [-0.2, -0.15) is 19.8 Å². The van der Waals surface area contributed by atoms with Gasteiger partial charge in [0.15, 0.2) is 12.0 Å². The number of hydrogen-bond donors (Lipinski definition) is 2. The van der Waals surface area contributed by atoms with Gasteiger partial charge in [-0.3, -0.25) is 14.6 Å². The fourth-order valence-electron chi connectivity index (χ4n) is 11.6. The minimum Gasteiger partial charge on any atom is -0.490 e. The Kier molecular flexibility index (Phi) is 33.1. The largest absolute Gasteiger partial charge is 0.490 e. The Labute approximate surface area is 614 Å². The van der Waals surface area contributed by atoms with Crippen LogP contribution in [0.1, 0.15) is 155 Å². The summed E-state index contributed by atoms with van der Waals surface area (Å²) in [7, 11) is 4.95. The lowest BCUT2D eigenvalue weighted by Gasteiger charge is -2.31. The number of hydrazone groups is 2. The zero-order chi connectivity index (χ0) is 76.0. The van der Waals surface area contributed by atoms with Crippen LogP contribution in [0.4, 0.5) is 14.4 Å². The predicted octanol–water partition coefficient (Wildman–Crippen LogP) is 12.4. The molecule has 0 aliphatic carbocycles. The first-order valence-corrected chi connectivity index (χ1v) is 35.9. The number of aliphatic hydroxyl groups excluding tert-OH is 1. The highest BCUT2D eigenvalue weighted by atomic mass is 16.6. The Morgan fingerprint density at radius 3 is 1.39 bits per heavy atom. The van der Waals surface area contributed by atoms with Crippen molar-refractivity contribution >= 4 is 47.5 Å². The van der Waals surface area contributed by atoms with E-state index in [2.05, 4.69) is 47.6 Å². The van der Waals surface area contributed by atoms with Gasteiger partial charge < -0.3 is 63.4 Å². The number of aryl methyl sites for hydroxylation is 4. The fourth-order valence-corrected chi connectivity index (χ4v) is 11.6. The molecule has 6 aliphatic rings. The summed E-state index contributed by atoms with van der Waals surface area (Å²) < 4.78 is 45.8. The van der Waals surface area contributed by atoms with E-state index in [1.807, 2.05) is 138 Å². The van der Waals surface area contributed by atoms with Crippen LogP contribution < -0.4 is 24.7 Å². The molecule has 24 heteroatoms. The molecule has 5 aromatic rings. The molecule has 11 rings (SSSR count). The van der Waals surface area contributed by atoms with Crippen molar-refractivity contribution in [2.75, 3.05) is 67.0 Å². The van der Waals surface area contributed by atoms with Gasteiger partial charge in [0.1, 0.15) is 64.2 Å². The molecule has 6 heterocycles. The quantitative estimate of drug-likeness (QED) is 0.0771. The number of carbonyl (C=O) groups excluding carboxylic acids is 7. The van der Waals surface area contributed by atoms with Gasteiger partial charge in [-0.15, -0.1) is 0 Å². The predicted molar refractivity (Wildman–Crippen MR) is 397 cm³/mol. The van der Waals surface area contributed by atoms with Crippen LogP contribution in [0.15, 0.2) is 138 Å². The van der Waals surface area contributed by atoms with Crippen molar-refractivity contribution in [3.8, 4) is 23.0 Å². The number of ketones is 1. The van der Waals surface area contributed by atoms with Crippen molar-refractivity contribution in [3.63, 3.8) is 0 Å². The number of ether oxygens (including phenoxy) is 8. The van der Waals surface area contributed by atoms with Gasteiger partial charge in [0, 0.05) is 34.0 Å². The SMILES string of the molecule is CCCC(=O)CN(C)C(=O)OC(C)(C)C.CN(CC1=NN(CC2CCc3ccccc3O2)C(=O)C1)C(=O)OC(C)(C)C.CN(CC1=NN(CC2CCc3ccccc3O2)C(OCc2ccccc2)C1)C(=O)OC(C)(C)C.NCCC1CCc2ccccc2O1.O=C=O.OCC1CCc2ccccc2O1. The van der Waals surface area contributed by atoms with Crippen molar-refractivity contribution in [3.05, 3.63) is 155 Å². The molecule has 6 aliphatic heterocycles. The summed E-state index contributed by atoms with van der Waals surface area (Å²) in [5.74, 6) is 3.81. The molecule has 0 spiro atoms. The molecule has 566 valence electrons. The normalized spacial score (nSPS) is 18.1. The van der Waals surface area contributed by atoms with Gasteiger partial charge in [-0.1, -0.05) is 110 Å². The van der Waals surface area contributed by atoms with Gasteiger partial charge in [0.25, 0.3) is 0 Å². The van der Waals surface area contributed by atoms with Crippen molar-refractivity contribution in [1.82, 2.24) is 24.7 Å². The first-order chi connectivity index (χ1) is 49.4. The molecule has 5 atom stereocenters. The molecule has 104 heavy (non-hydrogen) atoms. The number of hydrogen-bond acceptors (Lipinski definition) is 20. The van der Waals surface area contributed by atoms with E-state index in [1.54, 1.807) is 46.8 Å². The second kappa shape index (κ2) is 41.2. The van der Waals surface area contributed by atoms with E-state index in [-0.39, 0.29) is 74.6 Å². The van der Waals surface area contributed by atoms with E-state index >= 15 is 0 Å². The van der Waals surface area contributed by atoms with Crippen molar-refractivity contribution in [2.24, 2.45) is 15.9 Å². The maximum atomic E-state index is 12.4. The molecule has 0 fully saturated rings. The van der Waals surface area contributed by atoms with Crippen LogP contribution in [0.3, 0.4) is 0 Å². The molecule has 24 nitrogen and oxygen atoms in total. The van der Waals surface area contributed by atoms with Crippen LogP contribution in [-0.4, -0.2) is 192 Å². The average molecular weight is 1440 g/mol. The Hall–Kier alpha value is -9.35. The number of nitrogens with two attached hydrogens (primary N) is 1. The fraction of sp³-hybridized carbons (Fsp3) is 0.525. The lowest BCUT2D eigenvalue weighted by Crippen LogP contribution is -2.39. The van der Waals surface area contributed by atoms with Gasteiger partial charge in [-0.05, 0) is 185 Å². The maximum Gasteiger partial charge on any atom is 0.410 e. The maximum absolute atomic E-state index is 12.4. The number of nitrogens with zero attached hydrogens (tertiary/aromatic N) is 7. The van der Waals surface area contributed by atoms with Crippen LogP contribution in [0, 0.1) is 0 Å². The van der Waals surface area contributed by atoms with Crippen LogP contribution in [0.5, 0.6) is 23.0 Å². The zero-order valence-electron chi connectivity index (χ0n) is 63.1. The van der Waals surface area contributed by atoms with Gasteiger partial charge in [0.05, 0.1) is 63.8 Å². The first-order valence-electron chi connectivity index (χ1n) is 35.9. The molecule has 0 saturated heterocycles. The Balaban J connectivity index is 0.000000214. The highest BCUT2D eigenvalue weighted by molar-refractivity contribution is 6.06. The number of amides is 4. The average Bonchev–Trinajstić information content (AvgIpc) is 1.61. The molecule has 0 bridgehead atoms. The molecule has 4 amide bonds. The minimum atomic E-state index is -0.556. The van der Waals surface area contributed by atoms with E-state index in [1.165, 1.54) is 37.1 Å². The summed E-state index contributed by atoms with van der Waals surface area (Å²) >= 11 is 0. The number of rotatable bonds is 18. The Morgan fingerprint density at radius 2 is 0.952 bits per heavy atom. The summed E-state index contributed by atoms with van der Waals surface area (Å²) in [6, 6.07) is 42.6. The third kappa shape index (κ3) is 29.4. The third-order valence-corrected chi connectivity index (χ3v) is 16.6. The number of likely N-dealkylation sites (N-methyl/N-ethyl adjacent to an activating group) is 1. The van der Waals surface area contributed by atoms with Crippen LogP contribution in [0.25, 0.3) is 0 Å². The molecule has 0 saturated carbocycles. The highest BCUT2D eigenvalue weighted by Crippen LogP contribution is 2.32. The van der Waals surface area contributed by atoms with Crippen LogP contribution >= 0.6 is 0 Å². The van der Waals surface area contributed by atoms with Crippen molar-refractivity contribution < 1.29 is 76.6 Å². The minimum absolute atomic E-state index is 0.0000926. The van der Waals surface area contributed by atoms with E-state index in [9.17, 15) is 24.0 Å². The number of benzene rings is 5. The molecule has 5 unspecified atom stereocenters. The number of aliphatic hydroxyl groups is 1. The van der Waals surface area contributed by atoms with E-state index in [4.69, 9.17) is 63.4 Å². The summed E-state index contributed by atoms with van der Waals surface area (Å²) in [4.78, 5) is 80.1. The van der Waals surface area contributed by atoms with E-state index in [0.717, 1.165) is 98.5 Å². The molecule has 5 aromatic carbocycles. The van der Waals surface area contributed by atoms with Gasteiger partial charge >= 0.3 is 24.4 Å². The van der Waals surface area contributed by atoms with E-state index < -0.39 is 29.0 Å². The Bertz CT molecular complexity index is 3640. The lowest BCUT2D eigenvalue weighted by molar-refractivity contribution is -0.191. The summed E-state index contributed by atoms with van der Waals surface area (Å²) in [5, 5.41) is 21.6. The number of Topliss-reactive ketones (excluding diaryl/α,β-unsaturated/α-hetero) is 1. The highest BCUT2D eigenvalue weighted by Gasteiger charge is 2.35. The van der Waals surface area contributed by atoms with Gasteiger partial charge in [0.2, 0.25) is 5.91 Å². The second-order valence-electron chi connectivity index (χ2n) is 29.2. The van der Waals surface area contributed by atoms with Crippen molar-refractivity contribution in [2.45, 2.75) is 207 Å². The first kappa shape index (κ1) is 83.6. The molecule has 0 aromatic heterocycles. The van der Waals surface area contributed by atoms with Crippen LogP contribution in [0.2, 0.25) is 0 Å². The summed E-state index contributed by atoms with van der Waals surface area (Å²) in [6.07, 6.45) is 10.1. The number of para-hydroxylation sites is 4. The monoisotopic (exact) mass is 1440 g/mol. The molecule has 3 N–H and O–H groups in total. The van der Waals surface area contributed by atoms with E-state index in [0.29, 0.717) is 57.4 Å². The standard InChI is InChI=1S/C27H35N3O4.C20H27N3O4.C11H21NO3.C11H15NO.C10H12O2.CO2/c1-27(2,3)34-26(31)29(4)17-22-16-25(32-19-20-10-6-5-7-11-20)30(28-22)18-23-15-14-21-12-8-9-13-24(21)33-23;1-20(2,3)27-19(25)22(4)12-15-11-18(24)23(21-15)13-16-10-9-14-7-5-6-8-17(14)26-16;1-6-7-9(13)8-12(5)10(14)15-11(2,3)4;12-8-7-10-6-5-9-3-1-2-4-11(9)13-10;11-7-9-6-5-8-3-1-2-4-10(8)12-9;2-1-3/h5-13,23,25H,14-19H2,1-4H3;5-8,16H,9-13H2,1-4H3;6-8H2,1-5H3;1-4,10H,5-8,12H2;1-4,9,11H,5-7H2;.